The molecule has 5 heteroatoms. The quantitative estimate of drug-likeness (QED) is 0.711. The van der Waals surface area contributed by atoms with Gasteiger partial charge < -0.3 is 0 Å². The van der Waals surface area contributed by atoms with Crippen LogP contribution in [-0.2, 0) is 15.6 Å². The van der Waals surface area contributed by atoms with Gasteiger partial charge in [0.05, 0.1) is 11.4 Å². The fourth-order valence-electron chi connectivity index (χ4n) is 1.50. The molecule has 0 amide bonds. The molecule has 15 heavy (non-hydrogen) atoms. The molecule has 82 valence electrons. The van der Waals surface area contributed by atoms with E-state index in [-0.39, 0.29) is 5.41 Å². The maximum atomic E-state index is 11.2. The van der Waals surface area contributed by atoms with Crippen LogP contribution in [0.3, 0.4) is 0 Å². The fraction of sp³-hybridized carbons (Fsp3) is 0.400. The molecule has 0 bridgehead atoms. The zero-order valence-electron chi connectivity index (χ0n) is 8.96. The Morgan fingerprint density at radius 1 is 1.07 bits per heavy atom. The minimum Gasteiger partial charge on any atom is -0.265 e. The molecule has 1 heterocycles. The SMILES string of the molecule is CC(C)(C)c1ccc2c(c1)NS(=O)(=O)N2. The maximum Gasteiger partial charge on any atom is 0.321 e. The molecule has 0 fully saturated rings. The standard InChI is InChI=1S/C10H14N2O2S/c1-10(2,3)7-4-5-8-9(6-7)12-15(13,14)11-8/h4-6,11-12H,1-3H3. The van der Waals surface area contributed by atoms with Crippen molar-refractivity contribution in [3.05, 3.63) is 23.8 Å². The summed E-state index contributed by atoms with van der Waals surface area (Å²) in [6, 6.07) is 5.59. The molecule has 1 aromatic carbocycles. The lowest BCUT2D eigenvalue weighted by Crippen LogP contribution is -2.13. The zero-order valence-corrected chi connectivity index (χ0v) is 9.77. The van der Waals surface area contributed by atoms with E-state index in [9.17, 15) is 8.42 Å². The number of hydrogen-bond acceptors (Lipinski definition) is 2. The predicted molar refractivity (Wildman–Crippen MR) is 61.3 cm³/mol. The highest BCUT2D eigenvalue weighted by Gasteiger charge is 2.24. The van der Waals surface area contributed by atoms with Gasteiger partial charge in [0.25, 0.3) is 0 Å². The Bertz CT molecular complexity index is 501. The molecule has 1 aliphatic rings. The Labute approximate surface area is 89.9 Å². The van der Waals surface area contributed by atoms with Gasteiger partial charge in [-0.3, -0.25) is 9.44 Å². The minimum absolute atomic E-state index is 0.0169. The number of hydrogen-bond donors (Lipinski definition) is 2. The fourth-order valence-corrected chi connectivity index (χ4v) is 2.48. The Morgan fingerprint density at radius 2 is 1.67 bits per heavy atom. The van der Waals surface area contributed by atoms with E-state index in [0.29, 0.717) is 11.4 Å². The molecule has 0 saturated heterocycles. The topological polar surface area (TPSA) is 58.2 Å². The van der Waals surface area contributed by atoms with Crippen molar-refractivity contribution in [2.24, 2.45) is 0 Å². The molecule has 0 unspecified atom stereocenters. The highest BCUT2D eigenvalue weighted by molar-refractivity contribution is 7.94. The van der Waals surface area contributed by atoms with Gasteiger partial charge in [0, 0.05) is 0 Å². The average molecular weight is 226 g/mol. The second kappa shape index (κ2) is 2.88. The van der Waals surface area contributed by atoms with Gasteiger partial charge in [-0.15, -0.1) is 0 Å². The molecule has 1 aromatic rings. The third-order valence-electron chi connectivity index (χ3n) is 2.37. The van der Waals surface area contributed by atoms with Crippen LogP contribution in [0.25, 0.3) is 0 Å². The monoisotopic (exact) mass is 226 g/mol. The molecular weight excluding hydrogens is 212 g/mol. The first-order valence-corrected chi connectivity index (χ1v) is 6.21. The van der Waals surface area contributed by atoms with E-state index in [4.69, 9.17) is 0 Å². The summed E-state index contributed by atoms with van der Waals surface area (Å²) in [5.74, 6) is 0. The molecule has 4 nitrogen and oxygen atoms in total. The van der Waals surface area contributed by atoms with Crippen LogP contribution in [-0.4, -0.2) is 8.42 Å². The van der Waals surface area contributed by atoms with Gasteiger partial charge >= 0.3 is 10.2 Å². The van der Waals surface area contributed by atoms with E-state index in [1.165, 1.54) is 0 Å². The number of fused-ring (bicyclic) bond motifs is 1. The Kier molecular flexibility index (Phi) is 1.98. The largest absolute Gasteiger partial charge is 0.321 e. The van der Waals surface area contributed by atoms with Crippen LogP contribution in [0.1, 0.15) is 26.3 Å². The van der Waals surface area contributed by atoms with Gasteiger partial charge in [-0.2, -0.15) is 8.42 Å². The first kappa shape index (κ1) is 10.3. The van der Waals surface area contributed by atoms with Crippen LogP contribution >= 0.6 is 0 Å². The van der Waals surface area contributed by atoms with Crippen molar-refractivity contribution >= 4 is 21.6 Å². The third kappa shape index (κ3) is 1.92. The summed E-state index contributed by atoms with van der Waals surface area (Å²) in [5.41, 5.74) is 2.36. The van der Waals surface area contributed by atoms with E-state index in [1.54, 1.807) is 6.07 Å². The van der Waals surface area contributed by atoms with Crippen molar-refractivity contribution in [1.82, 2.24) is 0 Å². The lowest BCUT2D eigenvalue weighted by atomic mass is 9.87. The second-order valence-corrected chi connectivity index (χ2v) is 6.13. The van der Waals surface area contributed by atoms with E-state index >= 15 is 0 Å². The van der Waals surface area contributed by atoms with Crippen LogP contribution < -0.4 is 9.44 Å². The van der Waals surface area contributed by atoms with E-state index in [0.717, 1.165) is 5.56 Å². The summed E-state index contributed by atoms with van der Waals surface area (Å²) in [7, 11) is -3.37. The maximum absolute atomic E-state index is 11.2. The Morgan fingerprint density at radius 3 is 2.27 bits per heavy atom. The molecule has 1 aliphatic heterocycles. The molecular formula is C10H14N2O2S. The number of anilines is 2. The molecule has 2 N–H and O–H groups in total. The molecule has 0 aromatic heterocycles. The van der Waals surface area contributed by atoms with Gasteiger partial charge in [-0.25, -0.2) is 0 Å². The average Bonchev–Trinajstić information content (AvgIpc) is 2.34. The van der Waals surface area contributed by atoms with Crippen molar-refractivity contribution < 1.29 is 8.42 Å². The van der Waals surface area contributed by atoms with Gasteiger partial charge in [0.15, 0.2) is 0 Å². The molecule has 0 atom stereocenters. The zero-order chi connectivity index (χ0) is 11.3. The number of benzene rings is 1. The molecule has 0 spiro atoms. The normalized spacial score (nSPS) is 17.8. The lowest BCUT2D eigenvalue weighted by Gasteiger charge is -2.19. The minimum atomic E-state index is -3.37. The first-order valence-electron chi connectivity index (χ1n) is 4.73. The number of rotatable bonds is 0. The van der Waals surface area contributed by atoms with E-state index < -0.39 is 10.2 Å². The summed E-state index contributed by atoms with van der Waals surface area (Å²) in [4.78, 5) is 0. The molecule has 2 rings (SSSR count). The Balaban J connectivity index is 2.48. The summed E-state index contributed by atoms with van der Waals surface area (Å²) >= 11 is 0. The highest BCUT2D eigenvalue weighted by atomic mass is 32.2. The van der Waals surface area contributed by atoms with Gasteiger partial charge in [0.1, 0.15) is 0 Å². The van der Waals surface area contributed by atoms with Crippen LogP contribution in [0.15, 0.2) is 18.2 Å². The molecule has 0 saturated carbocycles. The summed E-state index contributed by atoms with van der Waals surface area (Å²) in [6.07, 6.45) is 0. The molecule has 0 aliphatic carbocycles. The lowest BCUT2D eigenvalue weighted by molar-refractivity contribution is 0.590. The first-order chi connectivity index (χ1) is 6.78. The Hall–Kier alpha value is -1.23. The van der Waals surface area contributed by atoms with Gasteiger partial charge in [-0.1, -0.05) is 26.8 Å². The van der Waals surface area contributed by atoms with Crippen molar-refractivity contribution in [1.29, 1.82) is 0 Å². The van der Waals surface area contributed by atoms with Gasteiger partial charge in [-0.05, 0) is 23.1 Å². The number of nitrogens with one attached hydrogen (secondary N) is 2. The smallest absolute Gasteiger partial charge is 0.265 e. The van der Waals surface area contributed by atoms with Crippen molar-refractivity contribution in [2.75, 3.05) is 9.44 Å². The predicted octanol–water partition coefficient (Wildman–Crippen LogP) is 2.07. The van der Waals surface area contributed by atoms with E-state index in [1.807, 2.05) is 12.1 Å². The third-order valence-corrected chi connectivity index (χ3v) is 3.35. The molecule has 0 radical (unpaired) electrons. The summed E-state index contributed by atoms with van der Waals surface area (Å²) in [6.45, 7) is 6.27. The van der Waals surface area contributed by atoms with Gasteiger partial charge in [0.2, 0.25) is 0 Å². The summed E-state index contributed by atoms with van der Waals surface area (Å²) < 4.78 is 27.3. The van der Waals surface area contributed by atoms with Crippen molar-refractivity contribution in [3.8, 4) is 0 Å². The van der Waals surface area contributed by atoms with Crippen molar-refractivity contribution in [3.63, 3.8) is 0 Å². The van der Waals surface area contributed by atoms with Crippen LogP contribution in [0.4, 0.5) is 11.4 Å². The summed E-state index contributed by atoms with van der Waals surface area (Å²) in [5, 5.41) is 0. The highest BCUT2D eigenvalue weighted by Crippen LogP contribution is 2.34. The van der Waals surface area contributed by atoms with E-state index in [2.05, 4.69) is 30.2 Å². The van der Waals surface area contributed by atoms with Crippen LogP contribution in [0, 0.1) is 0 Å². The van der Waals surface area contributed by atoms with Crippen LogP contribution in [0.5, 0.6) is 0 Å². The second-order valence-electron chi connectivity index (χ2n) is 4.72. The van der Waals surface area contributed by atoms with Crippen molar-refractivity contribution in [2.45, 2.75) is 26.2 Å². The van der Waals surface area contributed by atoms with Crippen LogP contribution in [0.2, 0.25) is 0 Å².